The smallest absolute Gasteiger partial charge is 0.255 e. The quantitative estimate of drug-likeness (QED) is 0.574. The Morgan fingerprint density at radius 3 is 2.66 bits per heavy atom. The molecule has 0 bridgehead atoms. The number of nitrogens with one attached hydrogen (secondary N) is 2. The van der Waals surface area contributed by atoms with Crippen LogP contribution in [0.15, 0.2) is 53.6 Å². The monoisotopic (exact) mass is 392 g/mol. The number of benzene rings is 1. The van der Waals surface area contributed by atoms with Crippen molar-refractivity contribution in [2.45, 2.75) is 26.2 Å². The summed E-state index contributed by atoms with van der Waals surface area (Å²) in [7, 11) is 1.64. The average Bonchev–Trinajstić information content (AvgIpc) is 2.74. The van der Waals surface area contributed by atoms with Crippen LogP contribution in [0, 0.1) is 6.92 Å². The van der Waals surface area contributed by atoms with E-state index in [1.54, 1.807) is 32.5 Å². The van der Waals surface area contributed by atoms with E-state index in [4.69, 9.17) is 4.74 Å². The number of carbonyl (C=O) groups excluding carboxylic acids is 1. The van der Waals surface area contributed by atoms with Crippen LogP contribution in [0.1, 0.15) is 23.2 Å². The van der Waals surface area contributed by atoms with Gasteiger partial charge in [-0.1, -0.05) is 12.1 Å². The van der Waals surface area contributed by atoms with E-state index in [0.29, 0.717) is 23.6 Å². The second-order valence-corrected chi connectivity index (χ2v) is 6.70. The number of methoxy groups -OCH3 is 1. The molecule has 0 saturated carbocycles. The van der Waals surface area contributed by atoms with Crippen molar-refractivity contribution in [3.05, 3.63) is 76.0 Å². The maximum absolute atomic E-state index is 12.4. The van der Waals surface area contributed by atoms with Crippen molar-refractivity contribution in [2.75, 3.05) is 13.7 Å². The number of aromatic nitrogens is 3. The lowest BCUT2D eigenvalue weighted by molar-refractivity contribution is -0.120. The summed E-state index contributed by atoms with van der Waals surface area (Å²) in [6.45, 7) is 2.28. The van der Waals surface area contributed by atoms with E-state index in [9.17, 15) is 9.59 Å². The first-order valence-corrected chi connectivity index (χ1v) is 9.46. The van der Waals surface area contributed by atoms with Gasteiger partial charge in [0.25, 0.3) is 5.56 Å². The minimum absolute atomic E-state index is 0.00399. The molecule has 0 radical (unpaired) electrons. The van der Waals surface area contributed by atoms with Crippen molar-refractivity contribution in [3.8, 4) is 17.1 Å². The molecule has 150 valence electrons. The van der Waals surface area contributed by atoms with Crippen molar-refractivity contribution in [2.24, 2.45) is 0 Å². The molecule has 0 aliphatic carbocycles. The molecule has 0 unspecified atom stereocenters. The van der Waals surface area contributed by atoms with Gasteiger partial charge in [0.15, 0.2) is 0 Å². The van der Waals surface area contributed by atoms with Crippen molar-refractivity contribution in [1.82, 2.24) is 20.3 Å². The number of amides is 1. The number of aromatic amines is 1. The largest absolute Gasteiger partial charge is 0.497 e. The van der Waals surface area contributed by atoms with Gasteiger partial charge in [0.1, 0.15) is 11.6 Å². The number of ether oxygens (including phenoxy) is 1. The summed E-state index contributed by atoms with van der Waals surface area (Å²) in [4.78, 5) is 35.9. The van der Waals surface area contributed by atoms with E-state index in [-0.39, 0.29) is 17.9 Å². The maximum Gasteiger partial charge on any atom is 0.255 e. The van der Waals surface area contributed by atoms with Crippen molar-refractivity contribution in [1.29, 1.82) is 0 Å². The zero-order valence-electron chi connectivity index (χ0n) is 16.6. The zero-order valence-corrected chi connectivity index (χ0v) is 16.6. The summed E-state index contributed by atoms with van der Waals surface area (Å²) < 4.78 is 5.14. The first kappa shape index (κ1) is 20.3. The Morgan fingerprint density at radius 2 is 2.00 bits per heavy atom. The molecule has 0 spiro atoms. The predicted octanol–water partition coefficient (Wildman–Crippen LogP) is 2.44. The van der Waals surface area contributed by atoms with Crippen LogP contribution in [0.2, 0.25) is 0 Å². The van der Waals surface area contributed by atoms with Gasteiger partial charge in [0.2, 0.25) is 5.91 Å². The maximum atomic E-state index is 12.4. The standard InChI is InChI=1S/C22H24N4O3/c1-15-19(22(28)26-21(25-15)17-6-4-11-23-14-17)13-20(27)24-12-3-5-16-7-9-18(29-2)10-8-16/h4,6-11,14H,3,5,12-13H2,1-2H3,(H,24,27)(H,25,26,28). The number of nitrogens with zero attached hydrogens (tertiary/aromatic N) is 2. The second-order valence-electron chi connectivity index (χ2n) is 6.70. The molecule has 1 amide bonds. The molecule has 3 rings (SSSR count). The van der Waals surface area contributed by atoms with Gasteiger partial charge in [-0.3, -0.25) is 14.6 Å². The summed E-state index contributed by atoms with van der Waals surface area (Å²) in [5.41, 5.74) is 2.53. The van der Waals surface area contributed by atoms with E-state index in [1.807, 2.05) is 30.3 Å². The first-order valence-electron chi connectivity index (χ1n) is 9.46. The van der Waals surface area contributed by atoms with Crippen LogP contribution in [0.25, 0.3) is 11.4 Å². The third-order valence-electron chi connectivity index (χ3n) is 4.62. The van der Waals surface area contributed by atoms with Crippen LogP contribution in [-0.2, 0) is 17.6 Å². The molecule has 0 saturated heterocycles. The van der Waals surface area contributed by atoms with Crippen molar-refractivity contribution < 1.29 is 9.53 Å². The van der Waals surface area contributed by atoms with Crippen molar-refractivity contribution in [3.63, 3.8) is 0 Å². The van der Waals surface area contributed by atoms with E-state index in [1.165, 1.54) is 5.56 Å². The highest BCUT2D eigenvalue weighted by atomic mass is 16.5. The Hall–Kier alpha value is -3.48. The fraction of sp³-hybridized carbons (Fsp3) is 0.273. The number of rotatable bonds is 8. The van der Waals surface area contributed by atoms with Crippen LogP contribution in [-0.4, -0.2) is 34.5 Å². The number of aryl methyl sites for hydroxylation is 2. The fourth-order valence-electron chi connectivity index (χ4n) is 2.99. The Labute approximate surface area is 169 Å². The first-order chi connectivity index (χ1) is 14.1. The third kappa shape index (κ3) is 5.51. The molecule has 2 aromatic heterocycles. The van der Waals surface area contributed by atoms with Crippen LogP contribution in [0.5, 0.6) is 5.75 Å². The summed E-state index contributed by atoms with van der Waals surface area (Å²) >= 11 is 0. The van der Waals surface area contributed by atoms with Gasteiger partial charge in [-0.15, -0.1) is 0 Å². The molecule has 29 heavy (non-hydrogen) atoms. The number of pyridine rings is 1. The topological polar surface area (TPSA) is 97.0 Å². The highest BCUT2D eigenvalue weighted by Crippen LogP contribution is 2.13. The molecule has 0 aliphatic heterocycles. The molecule has 7 nitrogen and oxygen atoms in total. The highest BCUT2D eigenvalue weighted by molar-refractivity contribution is 5.78. The molecular weight excluding hydrogens is 368 g/mol. The molecule has 7 heteroatoms. The lowest BCUT2D eigenvalue weighted by Crippen LogP contribution is -2.30. The predicted molar refractivity (Wildman–Crippen MR) is 111 cm³/mol. The van der Waals surface area contributed by atoms with Gasteiger partial charge in [-0.05, 0) is 49.6 Å². The lowest BCUT2D eigenvalue weighted by Gasteiger charge is -2.08. The summed E-state index contributed by atoms with van der Waals surface area (Å²) in [5, 5.41) is 2.87. The normalized spacial score (nSPS) is 10.6. The number of carbonyl (C=O) groups is 1. The van der Waals surface area contributed by atoms with Crippen LogP contribution < -0.4 is 15.6 Å². The molecule has 0 fully saturated rings. The number of hydrogen-bond donors (Lipinski definition) is 2. The SMILES string of the molecule is COc1ccc(CCCNC(=O)Cc2c(C)nc(-c3cccnc3)[nH]c2=O)cc1. The lowest BCUT2D eigenvalue weighted by atomic mass is 10.1. The van der Waals surface area contributed by atoms with Gasteiger partial charge in [0.05, 0.1) is 13.5 Å². The molecule has 3 aromatic rings. The number of H-pyrrole nitrogens is 1. The van der Waals surface area contributed by atoms with Gasteiger partial charge in [-0.2, -0.15) is 0 Å². The van der Waals surface area contributed by atoms with Crippen LogP contribution >= 0.6 is 0 Å². The van der Waals surface area contributed by atoms with E-state index in [2.05, 4.69) is 20.3 Å². The van der Waals surface area contributed by atoms with Crippen LogP contribution in [0.4, 0.5) is 0 Å². The second kappa shape index (κ2) is 9.64. The summed E-state index contributed by atoms with van der Waals surface area (Å²) in [6, 6.07) is 11.5. The Kier molecular flexibility index (Phi) is 6.73. The van der Waals surface area contributed by atoms with Gasteiger partial charge >= 0.3 is 0 Å². The van der Waals surface area contributed by atoms with E-state index < -0.39 is 0 Å². The Bertz CT molecular complexity index is 1010. The molecule has 0 atom stereocenters. The van der Waals surface area contributed by atoms with E-state index >= 15 is 0 Å². The van der Waals surface area contributed by atoms with Gasteiger partial charge in [0, 0.05) is 35.8 Å². The number of hydrogen-bond acceptors (Lipinski definition) is 5. The third-order valence-corrected chi connectivity index (χ3v) is 4.62. The van der Waals surface area contributed by atoms with Crippen LogP contribution in [0.3, 0.4) is 0 Å². The minimum Gasteiger partial charge on any atom is -0.497 e. The minimum atomic E-state index is -0.301. The molecule has 2 heterocycles. The molecular formula is C22H24N4O3. The van der Waals surface area contributed by atoms with E-state index in [0.717, 1.165) is 24.2 Å². The molecule has 2 N–H and O–H groups in total. The summed E-state index contributed by atoms with van der Waals surface area (Å²) in [5.74, 6) is 1.08. The van der Waals surface area contributed by atoms with Gasteiger partial charge < -0.3 is 15.0 Å². The highest BCUT2D eigenvalue weighted by Gasteiger charge is 2.13. The van der Waals surface area contributed by atoms with Crippen molar-refractivity contribution >= 4 is 5.91 Å². The van der Waals surface area contributed by atoms with Gasteiger partial charge in [-0.25, -0.2) is 4.98 Å². The Morgan fingerprint density at radius 1 is 1.21 bits per heavy atom. The summed E-state index contributed by atoms with van der Waals surface area (Å²) in [6.07, 6.45) is 4.95. The average molecular weight is 392 g/mol. The fourth-order valence-corrected chi connectivity index (χ4v) is 2.99. The zero-order chi connectivity index (χ0) is 20.6. The molecule has 1 aromatic carbocycles. The molecule has 0 aliphatic rings. The Balaban J connectivity index is 1.53.